The summed E-state index contributed by atoms with van der Waals surface area (Å²) < 4.78 is 22.0. The van der Waals surface area contributed by atoms with Crippen molar-refractivity contribution >= 4 is 17.6 Å². The third-order valence-corrected chi connectivity index (χ3v) is 6.28. The lowest BCUT2D eigenvalue weighted by Gasteiger charge is -2.11. The predicted octanol–water partition coefficient (Wildman–Crippen LogP) is 5.55. The topological polar surface area (TPSA) is 163 Å². The molecule has 0 saturated heterocycles. The van der Waals surface area contributed by atoms with Gasteiger partial charge < -0.3 is 28.3 Å². The number of carboxylic acids is 1. The van der Waals surface area contributed by atoms with Gasteiger partial charge in [-0.05, 0) is 48.2 Å². The fourth-order valence-electron chi connectivity index (χ4n) is 4.41. The Balaban J connectivity index is 0.000000187. The van der Waals surface area contributed by atoms with Gasteiger partial charge in [-0.25, -0.2) is 4.79 Å². The molecule has 0 fully saturated rings. The molecule has 12 nitrogen and oxygen atoms in total. The fraction of sp³-hybridized carbons (Fsp3) is 0.107. The lowest BCUT2D eigenvalue weighted by Crippen LogP contribution is -2.12. The van der Waals surface area contributed by atoms with E-state index in [1.54, 1.807) is 36.5 Å². The molecule has 5 aromatic heterocycles. The second kappa shape index (κ2) is 10.6. The van der Waals surface area contributed by atoms with Crippen LogP contribution in [0, 0.1) is 0 Å². The minimum Gasteiger partial charge on any atom is -0.476 e. The highest BCUT2D eigenvalue weighted by atomic mass is 16.5. The number of nitrogens with one attached hydrogen (secondary N) is 1. The molecule has 40 heavy (non-hydrogen) atoms. The van der Waals surface area contributed by atoms with Crippen molar-refractivity contribution in [3.05, 3.63) is 108 Å². The SMILES string of the molecule is O=C(Nc1cnn(C2CCc3ccccc32)c1)c1cc(-c2ccco2)on1.O=C(O)c1cc(-c2ccco2)on1. The maximum Gasteiger partial charge on any atom is 0.358 e. The Morgan fingerprint density at radius 3 is 2.20 bits per heavy atom. The van der Waals surface area contributed by atoms with Crippen molar-refractivity contribution in [1.29, 1.82) is 0 Å². The van der Waals surface area contributed by atoms with Gasteiger partial charge in [0.25, 0.3) is 5.91 Å². The minimum atomic E-state index is -1.12. The molecule has 0 radical (unpaired) electrons. The number of carbonyl (C=O) groups is 2. The van der Waals surface area contributed by atoms with Crippen LogP contribution in [0.15, 0.2) is 103 Å². The van der Waals surface area contributed by atoms with Gasteiger partial charge in [0.15, 0.2) is 22.9 Å². The van der Waals surface area contributed by atoms with Gasteiger partial charge in [0, 0.05) is 18.3 Å². The molecule has 1 aromatic carbocycles. The molecule has 1 aliphatic carbocycles. The Morgan fingerprint density at radius 2 is 1.55 bits per heavy atom. The summed E-state index contributed by atoms with van der Waals surface area (Å²) in [5.74, 6) is 0.213. The zero-order valence-electron chi connectivity index (χ0n) is 20.8. The molecule has 12 heteroatoms. The molecular weight excluding hydrogens is 518 g/mol. The molecule has 0 aliphatic heterocycles. The molecule has 0 saturated carbocycles. The van der Waals surface area contributed by atoms with E-state index >= 15 is 0 Å². The van der Waals surface area contributed by atoms with E-state index in [1.165, 1.54) is 29.7 Å². The van der Waals surface area contributed by atoms with Crippen LogP contribution < -0.4 is 5.32 Å². The molecule has 1 atom stereocenters. The average molecular weight is 540 g/mol. The molecular formula is C28H21N5O7. The molecule has 0 spiro atoms. The van der Waals surface area contributed by atoms with Crippen molar-refractivity contribution in [2.45, 2.75) is 18.9 Å². The van der Waals surface area contributed by atoms with Crippen LogP contribution in [0.1, 0.15) is 44.6 Å². The van der Waals surface area contributed by atoms with Gasteiger partial charge in [-0.1, -0.05) is 34.6 Å². The summed E-state index contributed by atoms with van der Waals surface area (Å²) in [5, 5.41) is 22.9. The van der Waals surface area contributed by atoms with Crippen LogP contribution in [0.5, 0.6) is 0 Å². The number of benzene rings is 1. The van der Waals surface area contributed by atoms with Crippen LogP contribution in [0.4, 0.5) is 5.69 Å². The van der Waals surface area contributed by atoms with E-state index in [9.17, 15) is 9.59 Å². The van der Waals surface area contributed by atoms with Crippen LogP contribution in [0.2, 0.25) is 0 Å². The highest BCUT2D eigenvalue weighted by Gasteiger charge is 2.24. The molecule has 1 aliphatic rings. The first kappa shape index (κ1) is 24.7. The summed E-state index contributed by atoms with van der Waals surface area (Å²) >= 11 is 0. The molecule has 7 rings (SSSR count). The molecule has 5 heterocycles. The number of hydrogen-bond donors (Lipinski definition) is 2. The summed E-state index contributed by atoms with van der Waals surface area (Å²) in [6.07, 6.45) is 8.54. The van der Waals surface area contributed by atoms with E-state index in [2.05, 4.69) is 38.9 Å². The molecule has 1 amide bonds. The number of anilines is 1. The van der Waals surface area contributed by atoms with Gasteiger partial charge in [0.1, 0.15) is 0 Å². The third-order valence-electron chi connectivity index (χ3n) is 6.28. The van der Waals surface area contributed by atoms with Gasteiger partial charge in [0.05, 0.1) is 30.5 Å². The number of carbonyl (C=O) groups excluding carboxylic acids is 1. The summed E-state index contributed by atoms with van der Waals surface area (Å²) in [6.45, 7) is 0. The van der Waals surface area contributed by atoms with E-state index in [1.807, 2.05) is 16.9 Å². The highest BCUT2D eigenvalue weighted by molar-refractivity contribution is 6.03. The van der Waals surface area contributed by atoms with E-state index in [4.69, 9.17) is 23.0 Å². The zero-order valence-corrected chi connectivity index (χ0v) is 20.8. The lowest BCUT2D eigenvalue weighted by atomic mass is 10.1. The number of nitrogens with zero attached hydrogens (tertiary/aromatic N) is 4. The second-order valence-corrected chi connectivity index (χ2v) is 8.83. The first-order valence-electron chi connectivity index (χ1n) is 12.2. The van der Waals surface area contributed by atoms with Gasteiger partial charge in [-0.2, -0.15) is 5.10 Å². The van der Waals surface area contributed by atoms with Crippen LogP contribution in [-0.2, 0) is 6.42 Å². The van der Waals surface area contributed by atoms with E-state index in [0.717, 1.165) is 12.8 Å². The number of hydrogen-bond acceptors (Lipinski definition) is 9. The Labute approximate surface area is 225 Å². The van der Waals surface area contributed by atoms with Gasteiger partial charge in [0.2, 0.25) is 11.5 Å². The Hall–Kier alpha value is -5.65. The molecule has 0 bridgehead atoms. The first-order valence-corrected chi connectivity index (χ1v) is 12.2. The van der Waals surface area contributed by atoms with E-state index in [0.29, 0.717) is 28.7 Å². The molecule has 2 N–H and O–H groups in total. The van der Waals surface area contributed by atoms with Gasteiger partial charge in [-0.3, -0.25) is 9.48 Å². The van der Waals surface area contributed by atoms with Gasteiger partial charge in [-0.15, -0.1) is 0 Å². The third kappa shape index (κ3) is 5.05. The highest BCUT2D eigenvalue weighted by Crippen LogP contribution is 2.34. The molecule has 1 unspecified atom stereocenters. The second-order valence-electron chi connectivity index (χ2n) is 8.83. The van der Waals surface area contributed by atoms with Crippen LogP contribution in [0.3, 0.4) is 0 Å². The van der Waals surface area contributed by atoms with Crippen molar-refractivity contribution in [2.24, 2.45) is 0 Å². The Kier molecular flexibility index (Phi) is 6.55. The number of aryl methyl sites for hydroxylation is 1. The summed E-state index contributed by atoms with van der Waals surface area (Å²) in [4.78, 5) is 22.9. The molecule has 6 aromatic rings. The van der Waals surface area contributed by atoms with Crippen LogP contribution >= 0.6 is 0 Å². The van der Waals surface area contributed by atoms with Crippen LogP contribution in [0.25, 0.3) is 23.0 Å². The summed E-state index contributed by atoms with van der Waals surface area (Å²) in [5.41, 5.74) is 3.31. The number of furan rings is 2. The Morgan fingerprint density at radius 1 is 0.875 bits per heavy atom. The van der Waals surface area contributed by atoms with Crippen LogP contribution in [-0.4, -0.2) is 37.1 Å². The maximum atomic E-state index is 12.4. The normalized spacial score (nSPS) is 13.8. The monoisotopic (exact) mass is 539 g/mol. The summed E-state index contributed by atoms with van der Waals surface area (Å²) in [7, 11) is 0. The van der Waals surface area contributed by atoms with Gasteiger partial charge >= 0.3 is 5.97 Å². The van der Waals surface area contributed by atoms with Crippen molar-refractivity contribution in [3.63, 3.8) is 0 Å². The van der Waals surface area contributed by atoms with E-state index in [-0.39, 0.29) is 23.3 Å². The number of carboxylic acid groups (broad SMARTS) is 1. The Bertz CT molecular complexity index is 1740. The number of rotatable bonds is 6. The largest absolute Gasteiger partial charge is 0.476 e. The van der Waals surface area contributed by atoms with Crippen molar-refractivity contribution in [3.8, 4) is 23.0 Å². The fourth-order valence-corrected chi connectivity index (χ4v) is 4.41. The van der Waals surface area contributed by atoms with Crippen molar-refractivity contribution in [1.82, 2.24) is 20.1 Å². The quantitative estimate of drug-likeness (QED) is 0.274. The summed E-state index contributed by atoms with van der Waals surface area (Å²) in [6, 6.07) is 18.3. The van der Waals surface area contributed by atoms with E-state index < -0.39 is 5.97 Å². The average Bonchev–Trinajstić information content (AvgIpc) is 3.78. The minimum absolute atomic E-state index is 0.133. The smallest absolute Gasteiger partial charge is 0.358 e. The standard InChI is InChI=1S/C20H16N4O3.C8H5NO4/c25-20(16-10-19(27-23-16)18-6-3-9-26-18)22-14-11-21-24(12-14)17-8-7-13-4-1-2-5-15(13)17;10-8(11)5-4-7(13-9-5)6-2-1-3-12-6/h1-6,9-12,17H,7-8H2,(H,22,25);1-4H,(H,10,11). The number of amides is 1. The maximum absolute atomic E-state index is 12.4. The lowest BCUT2D eigenvalue weighted by molar-refractivity contribution is 0.0685. The zero-order chi connectivity index (χ0) is 27.5. The number of aromatic nitrogens is 4. The molecule has 200 valence electrons. The van der Waals surface area contributed by atoms with Crippen molar-refractivity contribution in [2.75, 3.05) is 5.32 Å². The van der Waals surface area contributed by atoms with Crippen molar-refractivity contribution < 1.29 is 32.6 Å². The number of fused-ring (bicyclic) bond motifs is 1. The first-order chi connectivity index (χ1) is 19.5. The number of aromatic carboxylic acids is 1. The predicted molar refractivity (Wildman–Crippen MR) is 138 cm³/mol.